The van der Waals surface area contributed by atoms with Crippen LogP contribution in [0.2, 0.25) is 0 Å². The Bertz CT molecular complexity index is 334. The average Bonchev–Trinajstić information content (AvgIpc) is 2.39. The Hall–Kier alpha value is -1.13. The van der Waals surface area contributed by atoms with Crippen LogP contribution in [0.25, 0.3) is 0 Å². The van der Waals surface area contributed by atoms with Crippen LogP contribution < -0.4 is 4.90 Å². The van der Waals surface area contributed by atoms with Gasteiger partial charge < -0.3 is 15.1 Å². The fourth-order valence-electron chi connectivity index (χ4n) is 2.17. The van der Waals surface area contributed by atoms with E-state index in [-0.39, 0.29) is 6.61 Å². The Balaban J connectivity index is 2.91. The minimum absolute atomic E-state index is 0.134. The van der Waals surface area contributed by atoms with E-state index in [9.17, 15) is 10.2 Å². The van der Waals surface area contributed by atoms with Crippen molar-refractivity contribution in [1.82, 2.24) is 4.98 Å². The lowest BCUT2D eigenvalue weighted by Crippen LogP contribution is -2.36. The summed E-state index contributed by atoms with van der Waals surface area (Å²) in [5.74, 6) is 0. The Labute approximate surface area is 109 Å². The molecule has 0 aliphatic carbocycles. The van der Waals surface area contributed by atoms with E-state index < -0.39 is 6.10 Å². The van der Waals surface area contributed by atoms with Gasteiger partial charge in [0.2, 0.25) is 0 Å². The predicted molar refractivity (Wildman–Crippen MR) is 73.7 cm³/mol. The summed E-state index contributed by atoms with van der Waals surface area (Å²) in [6.07, 6.45) is 3.30. The van der Waals surface area contributed by atoms with Gasteiger partial charge in [0.25, 0.3) is 0 Å². The lowest BCUT2D eigenvalue weighted by Gasteiger charge is -2.32. The number of aliphatic hydroxyl groups is 2. The second-order valence-electron chi connectivity index (χ2n) is 4.50. The number of hydrogen-bond donors (Lipinski definition) is 2. The largest absolute Gasteiger partial charge is 0.395 e. The molecule has 0 unspecified atom stereocenters. The maximum absolute atomic E-state index is 9.44. The van der Waals surface area contributed by atoms with Crippen molar-refractivity contribution in [3.8, 4) is 0 Å². The van der Waals surface area contributed by atoms with Gasteiger partial charge in [-0.25, -0.2) is 0 Å². The molecule has 1 aromatic rings. The molecule has 2 N–H and O–H groups in total. The van der Waals surface area contributed by atoms with Crippen LogP contribution in [0.5, 0.6) is 0 Å². The third kappa shape index (κ3) is 3.68. The minimum atomic E-state index is -0.543. The van der Waals surface area contributed by atoms with Gasteiger partial charge in [-0.05, 0) is 31.9 Å². The zero-order chi connectivity index (χ0) is 13.5. The molecule has 0 aromatic carbocycles. The van der Waals surface area contributed by atoms with Crippen LogP contribution in [0.1, 0.15) is 45.4 Å². The molecule has 0 fully saturated rings. The standard InChI is InChI=1S/C14H24N2O2/c1-4-12(5-2)16(8-9-17)13-6-7-14(11(3)18)15-10-13/h6-7,10-12,17-18H,4-5,8-9H2,1-3H3/t11-/m1/s1. The predicted octanol–water partition coefficient (Wildman–Crippen LogP) is 2.12. The molecule has 0 radical (unpaired) electrons. The first-order valence-corrected chi connectivity index (χ1v) is 6.65. The second kappa shape index (κ2) is 7.34. The molecule has 0 saturated heterocycles. The Kier molecular flexibility index (Phi) is 6.09. The average molecular weight is 252 g/mol. The highest BCUT2D eigenvalue weighted by atomic mass is 16.3. The van der Waals surface area contributed by atoms with E-state index in [0.29, 0.717) is 18.3 Å². The summed E-state index contributed by atoms with van der Waals surface area (Å²) in [6, 6.07) is 4.21. The number of aromatic nitrogens is 1. The maximum atomic E-state index is 9.44. The zero-order valence-electron chi connectivity index (χ0n) is 11.5. The smallest absolute Gasteiger partial charge is 0.0931 e. The van der Waals surface area contributed by atoms with Crippen molar-refractivity contribution in [1.29, 1.82) is 0 Å². The minimum Gasteiger partial charge on any atom is -0.395 e. The molecule has 4 nitrogen and oxygen atoms in total. The van der Waals surface area contributed by atoms with E-state index in [2.05, 4.69) is 23.7 Å². The van der Waals surface area contributed by atoms with Crippen molar-refractivity contribution in [3.05, 3.63) is 24.0 Å². The van der Waals surface area contributed by atoms with Crippen LogP contribution in [0.3, 0.4) is 0 Å². The van der Waals surface area contributed by atoms with Gasteiger partial charge in [0, 0.05) is 12.6 Å². The molecule has 4 heteroatoms. The highest BCUT2D eigenvalue weighted by Gasteiger charge is 2.15. The number of aliphatic hydroxyl groups excluding tert-OH is 2. The molecule has 18 heavy (non-hydrogen) atoms. The van der Waals surface area contributed by atoms with Crippen LogP contribution in [-0.2, 0) is 0 Å². The second-order valence-corrected chi connectivity index (χ2v) is 4.50. The quantitative estimate of drug-likeness (QED) is 0.780. The lowest BCUT2D eigenvalue weighted by molar-refractivity contribution is 0.194. The first kappa shape index (κ1) is 14.9. The van der Waals surface area contributed by atoms with Crippen molar-refractivity contribution in [2.75, 3.05) is 18.1 Å². The number of anilines is 1. The third-order valence-corrected chi connectivity index (χ3v) is 3.25. The topological polar surface area (TPSA) is 56.6 Å². The molecule has 0 saturated carbocycles. The molecule has 102 valence electrons. The van der Waals surface area contributed by atoms with Crippen molar-refractivity contribution in [3.63, 3.8) is 0 Å². The van der Waals surface area contributed by atoms with Gasteiger partial charge >= 0.3 is 0 Å². The summed E-state index contributed by atoms with van der Waals surface area (Å²) in [5, 5.41) is 18.6. The van der Waals surface area contributed by atoms with Gasteiger partial charge in [-0.3, -0.25) is 4.98 Å². The van der Waals surface area contributed by atoms with Gasteiger partial charge in [-0.2, -0.15) is 0 Å². The van der Waals surface area contributed by atoms with Gasteiger partial charge in [-0.15, -0.1) is 0 Å². The summed E-state index contributed by atoms with van der Waals surface area (Å²) in [4.78, 5) is 6.44. The van der Waals surface area contributed by atoms with E-state index in [4.69, 9.17) is 0 Å². The van der Waals surface area contributed by atoms with Crippen molar-refractivity contribution >= 4 is 5.69 Å². The van der Waals surface area contributed by atoms with Crippen LogP contribution in [0.15, 0.2) is 18.3 Å². The number of nitrogens with zero attached hydrogens (tertiary/aromatic N) is 2. The van der Waals surface area contributed by atoms with Crippen molar-refractivity contribution in [2.24, 2.45) is 0 Å². The van der Waals surface area contributed by atoms with E-state index in [0.717, 1.165) is 18.5 Å². The van der Waals surface area contributed by atoms with E-state index in [1.807, 2.05) is 12.1 Å². The number of rotatable bonds is 7. The van der Waals surface area contributed by atoms with Crippen LogP contribution in [0.4, 0.5) is 5.69 Å². The van der Waals surface area contributed by atoms with Gasteiger partial charge in [0.15, 0.2) is 0 Å². The summed E-state index contributed by atoms with van der Waals surface area (Å²) in [5.41, 5.74) is 1.68. The Morgan fingerprint density at radius 1 is 1.28 bits per heavy atom. The number of pyridine rings is 1. The van der Waals surface area contributed by atoms with Crippen LogP contribution in [-0.4, -0.2) is 34.4 Å². The van der Waals surface area contributed by atoms with Gasteiger partial charge in [-0.1, -0.05) is 13.8 Å². The monoisotopic (exact) mass is 252 g/mol. The SMILES string of the molecule is CCC(CC)N(CCO)c1ccc([C@@H](C)O)nc1. The first-order chi connectivity index (χ1) is 8.63. The van der Waals surface area contributed by atoms with Crippen molar-refractivity contribution in [2.45, 2.75) is 45.8 Å². The highest BCUT2D eigenvalue weighted by Crippen LogP contribution is 2.21. The molecule has 1 rings (SSSR count). The molecule has 0 aliphatic heterocycles. The molecule has 1 heterocycles. The van der Waals surface area contributed by atoms with E-state index in [1.165, 1.54) is 0 Å². The molecule has 0 amide bonds. The fourth-order valence-corrected chi connectivity index (χ4v) is 2.17. The van der Waals surface area contributed by atoms with E-state index >= 15 is 0 Å². The molecule has 0 bridgehead atoms. The van der Waals surface area contributed by atoms with E-state index in [1.54, 1.807) is 13.1 Å². The molecule has 1 aromatic heterocycles. The highest BCUT2D eigenvalue weighted by molar-refractivity contribution is 5.45. The first-order valence-electron chi connectivity index (χ1n) is 6.65. The molecule has 1 atom stereocenters. The fraction of sp³-hybridized carbons (Fsp3) is 0.643. The maximum Gasteiger partial charge on any atom is 0.0931 e. The molecular weight excluding hydrogens is 228 g/mol. The normalized spacial score (nSPS) is 12.8. The van der Waals surface area contributed by atoms with Gasteiger partial charge in [0.05, 0.1) is 30.3 Å². The molecule has 0 spiro atoms. The summed E-state index contributed by atoms with van der Waals surface area (Å²) in [6.45, 7) is 6.75. The summed E-state index contributed by atoms with van der Waals surface area (Å²) in [7, 11) is 0. The lowest BCUT2D eigenvalue weighted by atomic mass is 10.1. The van der Waals surface area contributed by atoms with Crippen molar-refractivity contribution < 1.29 is 10.2 Å². The summed E-state index contributed by atoms with van der Waals surface area (Å²) >= 11 is 0. The Morgan fingerprint density at radius 3 is 2.33 bits per heavy atom. The zero-order valence-corrected chi connectivity index (χ0v) is 11.5. The van der Waals surface area contributed by atoms with Crippen LogP contribution >= 0.6 is 0 Å². The third-order valence-electron chi connectivity index (χ3n) is 3.25. The molecule has 0 aliphatic rings. The number of hydrogen-bond acceptors (Lipinski definition) is 4. The summed E-state index contributed by atoms with van der Waals surface area (Å²) < 4.78 is 0. The Morgan fingerprint density at radius 2 is 1.94 bits per heavy atom. The molecular formula is C14H24N2O2. The van der Waals surface area contributed by atoms with Crippen LogP contribution in [0, 0.1) is 0 Å². The van der Waals surface area contributed by atoms with Gasteiger partial charge in [0.1, 0.15) is 0 Å².